The van der Waals surface area contributed by atoms with Gasteiger partial charge in [-0.3, -0.25) is 14.2 Å². The molecule has 1 aliphatic rings. The highest BCUT2D eigenvalue weighted by atomic mass is 19.1. The van der Waals surface area contributed by atoms with Crippen LogP contribution in [0, 0.1) is 5.82 Å². The fraction of sp³-hybridized carbons (Fsp3) is 0.389. The molecule has 0 radical (unpaired) electrons. The second-order valence-corrected chi connectivity index (χ2v) is 6.33. The Morgan fingerprint density at radius 1 is 1.23 bits per heavy atom. The number of nitrogens with one attached hydrogen (secondary N) is 1. The van der Waals surface area contributed by atoms with Gasteiger partial charge in [0.25, 0.3) is 11.5 Å². The van der Waals surface area contributed by atoms with Crippen molar-refractivity contribution in [3.8, 4) is 5.75 Å². The van der Waals surface area contributed by atoms with E-state index in [0.717, 1.165) is 32.4 Å². The average Bonchev–Trinajstić information content (AvgIpc) is 2.66. The van der Waals surface area contributed by atoms with Gasteiger partial charge in [0.15, 0.2) is 5.69 Å². The topological polar surface area (TPSA) is 87.5 Å². The number of aromatic hydroxyl groups is 1. The van der Waals surface area contributed by atoms with Gasteiger partial charge >= 0.3 is 0 Å². The van der Waals surface area contributed by atoms with Crippen molar-refractivity contribution in [3.05, 3.63) is 51.7 Å². The zero-order valence-electron chi connectivity index (χ0n) is 14.5. The number of hydrogen-bond acceptors (Lipinski definition) is 5. The molecule has 2 aromatic rings. The molecule has 0 unspecified atom stereocenters. The summed E-state index contributed by atoms with van der Waals surface area (Å²) in [5, 5.41) is 12.7. The average molecular weight is 360 g/mol. The Morgan fingerprint density at radius 2 is 1.88 bits per heavy atom. The van der Waals surface area contributed by atoms with Crippen molar-refractivity contribution in [1.82, 2.24) is 14.9 Å². The Kier molecular flexibility index (Phi) is 5.20. The number of benzene rings is 1. The Labute approximate surface area is 150 Å². The summed E-state index contributed by atoms with van der Waals surface area (Å²) in [4.78, 5) is 30.9. The van der Waals surface area contributed by atoms with Gasteiger partial charge in [0.2, 0.25) is 11.7 Å². The van der Waals surface area contributed by atoms with E-state index in [1.165, 1.54) is 23.7 Å². The van der Waals surface area contributed by atoms with Gasteiger partial charge in [0.1, 0.15) is 5.82 Å². The molecular weight excluding hydrogens is 339 g/mol. The van der Waals surface area contributed by atoms with Crippen LogP contribution in [0.25, 0.3) is 0 Å². The SMILES string of the molecule is Cn1c(N2CCCCC2)nc(C(=O)NCc2ccc(F)cc2)c(O)c1=O. The molecule has 2 heterocycles. The second kappa shape index (κ2) is 7.55. The highest BCUT2D eigenvalue weighted by Gasteiger charge is 2.23. The first-order valence-corrected chi connectivity index (χ1v) is 8.55. The summed E-state index contributed by atoms with van der Waals surface area (Å²) in [5.41, 5.74) is -0.261. The van der Waals surface area contributed by atoms with Crippen molar-refractivity contribution in [2.75, 3.05) is 18.0 Å². The minimum atomic E-state index is -0.676. The van der Waals surface area contributed by atoms with Crippen molar-refractivity contribution >= 4 is 11.9 Å². The lowest BCUT2D eigenvalue weighted by atomic mass is 10.1. The van der Waals surface area contributed by atoms with E-state index in [1.807, 2.05) is 4.90 Å². The molecule has 1 aliphatic heterocycles. The van der Waals surface area contributed by atoms with Gasteiger partial charge in [-0.05, 0) is 37.0 Å². The molecule has 0 spiro atoms. The van der Waals surface area contributed by atoms with Gasteiger partial charge in [-0.25, -0.2) is 9.37 Å². The Morgan fingerprint density at radius 3 is 2.54 bits per heavy atom. The van der Waals surface area contributed by atoms with Crippen molar-refractivity contribution in [2.24, 2.45) is 7.05 Å². The maximum absolute atomic E-state index is 12.9. The van der Waals surface area contributed by atoms with E-state index in [0.29, 0.717) is 11.5 Å². The van der Waals surface area contributed by atoms with E-state index in [9.17, 15) is 19.1 Å². The summed E-state index contributed by atoms with van der Waals surface area (Å²) in [6, 6.07) is 5.69. The van der Waals surface area contributed by atoms with Gasteiger partial charge in [-0.1, -0.05) is 12.1 Å². The van der Waals surface area contributed by atoms with Crippen LogP contribution in [0.5, 0.6) is 5.75 Å². The quantitative estimate of drug-likeness (QED) is 0.864. The van der Waals surface area contributed by atoms with E-state index in [-0.39, 0.29) is 18.1 Å². The molecule has 1 saturated heterocycles. The van der Waals surface area contributed by atoms with Crippen molar-refractivity contribution in [2.45, 2.75) is 25.8 Å². The number of nitrogens with zero attached hydrogens (tertiary/aromatic N) is 3. The summed E-state index contributed by atoms with van der Waals surface area (Å²) in [6.45, 7) is 1.64. The molecule has 2 N–H and O–H groups in total. The normalized spacial score (nSPS) is 14.3. The summed E-state index contributed by atoms with van der Waals surface area (Å²) < 4.78 is 14.2. The van der Waals surface area contributed by atoms with Crippen LogP contribution in [-0.2, 0) is 13.6 Å². The Bertz CT molecular complexity index is 858. The number of aromatic nitrogens is 2. The molecule has 0 atom stereocenters. The predicted molar refractivity (Wildman–Crippen MR) is 94.8 cm³/mol. The van der Waals surface area contributed by atoms with Crippen LogP contribution in [0.3, 0.4) is 0 Å². The lowest BCUT2D eigenvalue weighted by Crippen LogP contribution is -2.37. The van der Waals surface area contributed by atoms with Crippen LogP contribution in [0.15, 0.2) is 29.1 Å². The van der Waals surface area contributed by atoms with Crippen LogP contribution < -0.4 is 15.8 Å². The van der Waals surface area contributed by atoms with Crippen molar-refractivity contribution < 1.29 is 14.3 Å². The number of piperidine rings is 1. The highest BCUT2D eigenvalue weighted by Crippen LogP contribution is 2.19. The molecule has 7 nitrogen and oxygen atoms in total. The first-order valence-electron chi connectivity index (χ1n) is 8.55. The molecule has 1 amide bonds. The van der Waals surface area contributed by atoms with Crippen LogP contribution in [0.1, 0.15) is 35.3 Å². The monoisotopic (exact) mass is 360 g/mol. The maximum Gasteiger partial charge on any atom is 0.297 e. The molecular formula is C18H21FN4O3. The number of amides is 1. The van der Waals surface area contributed by atoms with E-state index in [2.05, 4.69) is 10.3 Å². The number of rotatable bonds is 4. The van der Waals surface area contributed by atoms with Gasteiger partial charge in [0, 0.05) is 26.7 Å². The van der Waals surface area contributed by atoms with Crippen LogP contribution in [-0.4, -0.2) is 33.7 Å². The third-order valence-corrected chi connectivity index (χ3v) is 4.46. The van der Waals surface area contributed by atoms with E-state index in [4.69, 9.17) is 0 Å². The Balaban J connectivity index is 1.83. The predicted octanol–water partition coefficient (Wildman–Crippen LogP) is 1.55. The highest BCUT2D eigenvalue weighted by molar-refractivity contribution is 5.95. The van der Waals surface area contributed by atoms with Gasteiger partial charge in [0.05, 0.1) is 0 Å². The fourth-order valence-electron chi connectivity index (χ4n) is 2.98. The maximum atomic E-state index is 12.9. The molecule has 0 aliphatic carbocycles. The molecule has 138 valence electrons. The first kappa shape index (κ1) is 17.9. The molecule has 3 rings (SSSR count). The van der Waals surface area contributed by atoms with E-state index < -0.39 is 17.2 Å². The van der Waals surface area contributed by atoms with Crippen LogP contribution in [0.4, 0.5) is 10.3 Å². The van der Waals surface area contributed by atoms with Crippen molar-refractivity contribution in [1.29, 1.82) is 0 Å². The third kappa shape index (κ3) is 3.68. The molecule has 0 bridgehead atoms. The summed E-state index contributed by atoms with van der Waals surface area (Å²) in [6.07, 6.45) is 3.10. The molecule has 8 heteroatoms. The number of anilines is 1. The van der Waals surface area contributed by atoms with Crippen molar-refractivity contribution in [3.63, 3.8) is 0 Å². The van der Waals surface area contributed by atoms with Crippen LogP contribution in [0.2, 0.25) is 0 Å². The van der Waals surface area contributed by atoms with Crippen LogP contribution >= 0.6 is 0 Å². The number of hydrogen-bond donors (Lipinski definition) is 2. The summed E-state index contributed by atoms with van der Waals surface area (Å²) in [5.74, 6) is -1.32. The minimum Gasteiger partial charge on any atom is -0.501 e. The summed E-state index contributed by atoms with van der Waals surface area (Å²) in [7, 11) is 1.53. The van der Waals surface area contributed by atoms with Gasteiger partial charge in [-0.2, -0.15) is 0 Å². The minimum absolute atomic E-state index is 0.133. The molecule has 1 aromatic heterocycles. The van der Waals surface area contributed by atoms with E-state index >= 15 is 0 Å². The largest absolute Gasteiger partial charge is 0.501 e. The lowest BCUT2D eigenvalue weighted by molar-refractivity contribution is 0.0942. The van der Waals surface area contributed by atoms with Gasteiger partial charge in [-0.15, -0.1) is 0 Å². The summed E-state index contributed by atoms with van der Waals surface area (Å²) >= 11 is 0. The third-order valence-electron chi connectivity index (χ3n) is 4.46. The fourth-order valence-corrected chi connectivity index (χ4v) is 2.98. The second-order valence-electron chi connectivity index (χ2n) is 6.33. The molecule has 1 fully saturated rings. The standard InChI is InChI=1S/C18H21FN4O3/c1-22-17(26)15(24)14(21-18(22)23-9-3-2-4-10-23)16(25)20-11-12-5-7-13(19)8-6-12/h5-8,24H,2-4,9-11H2,1H3,(H,20,25). The smallest absolute Gasteiger partial charge is 0.297 e. The first-order chi connectivity index (χ1) is 12.5. The van der Waals surface area contributed by atoms with E-state index in [1.54, 1.807) is 12.1 Å². The van der Waals surface area contributed by atoms with Gasteiger partial charge < -0.3 is 15.3 Å². The lowest BCUT2D eigenvalue weighted by Gasteiger charge is -2.29. The number of halogens is 1. The zero-order valence-corrected chi connectivity index (χ0v) is 14.5. The molecule has 1 aromatic carbocycles. The Hall–Kier alpha value is -2.90. The number of carbonyl (C=O) groups excluding carboxylic acids is 1. The number of carbonyl (C=O) groups is 1. The zero-order chi connectivity index (χ0) is 18.7. The molecule has 0 saturated carbocycles. The molecule has 26 heavy (non-hydrogen) atoms.